The summed E-state index contributed by atoms with van der Waals surface area (Å²) in [7, 11) is 0. The number of amides is 1. The van der Waals surface area contributed by atoms with Crippen molar-refractivity contribution in [1.82, 2.24) is 25.1 Å². The number of carbonyl (C=O) groups excluding carboxylic acids is 1. The fourth-order valence-corrected chi connectivity index (χ4v) is 2.02. The van der Waals surface area contributed by atoms with Crippen LogP contribution >= 0.6 is 0 Å². The first-order chi connectivity index (χ1) is 10.7. The van der Waals surface area contributed by atoms with Crippen molar-refractivity contribution in [2.45, 2.75) is 6.54 Å². The summed E-state index contributed by atoms with van der Waals surface area (Å²) in [5, 5.41) is 9.55. The molecule has 7 heteroatoms. The molecule has 0 aliphatic rings. The average Bonchev–Trinajstić information content (AvgIpc) is 3.19. The molecule has 0 saturated carbocycles. The first kappa shape index (κ1) is 14.0. The second-order valence-electron chi connectivity index (χ2n) is 4.73. The van der Waals surface area contributed by atoms with Crippen LogP contribution in [-0.4, -0.2) is 32.2 Å². The number of hydrogen-bond acceptors (Lipinski definition) is 3. The molecule has 1 amide bonds. The highest BCUT2D eigenvalue weighted by Gasteiger charge is 2.10. The van der Waals surface area contributed by atoms with Crippen molar-refractivity contribution in [1.29, 1.82) is 0 Å². The molecule has 1 aromatic carbocycles. The van der Waals surface area contributed by atoms with E-state index in [1.54, 1.807) is 30.7 Å². The lowest BCUT2D eigenvalue weighted by Crippen LogP contribution is -2.27. The number of aromatic amines is 1. The molecule has 2 heterocycles. The molecule has 0 atom stereocenters. The van der Waals surface area contributed by atoms with E-state index < -0.39 is 0 Å². The lowest BCUT2D eigenvalue weighted by atomic mass is 10.1. The Hall–Kier alpha value is -2.96. The lowest BCUT2D eigenvalue weighted by Gasteiger charge is -2.03. The van der Waals surface area contributed by atoms with E-state index in [1.807, 2.05) is 10.8 Å². The van der Waals surface area contributed by atoms with Crippen molar-refractivity contribution in [2.24, 2.45) is 0 Å². The van der Waals surface area contributed by atoms with Crippen LogP contribution in [0.1, 0.15) is 10.5 Å². The van der Waals surface area contributed by atoms with Gasteiger partial charge in [-0.05, 0) is 30.3 Å². The van der Waals surface area contributed by atoms with Gasteiger partial charge in [-0.1, -0.05) is 0 Å². The van der Waals surface area contributed by atoms with E-state index in [1.165, 1.54) is 12.1 Å². The highest BCUT2D eigenvalue weighted by molar-refractivity contribution is 5.93. The molecule has 3 aromatic rings. The molecule has 112 valence electrons. The maximum Gasteiger partial charge on any atom is 0.269 e. The number of nitrogens with one attached hydrogen (secondary N) is 2. The minimum atomic E-state index is -0.309. The Bertz CT molecular complexity index is 749. The zero-order chi connectivity index (χ0) is 15.4. The molecule has 3 rings (SSSR count). The number of rotatable bonds is 5. The maximum atomic E-state index is 12.9. The predicted molar refractivity (Wildman–Crippen MR) is 78.5 cm³/mol. The van der Waals surface area contributed by atoms with Crippen LogP contribution in [0.3, 0.4) is 0 Å². The summed E-state index contributed by atoms with van der Waals surface area (Å²) in [5.41, 5.74) is 1.71. The Balaban J connectivity index is 1.60. The zero-order valence-corrected chi connectivity index (χ0v) is 11.7. The van der Waals surface area contributed by atoms with Gasteiger partial charge in [-0.15, -0.1) is 0 Å². The number of H-pyrrole nitrogens is 1. The molecule has 0 aliphatic heterocycles. The van der Waals surface area contributed by atoms with Crippen molar-refractivity contribution in [3.05, 3.63) is 60.6 Å². The van der Waals surface area contributed by atoms with Crippen LogP contribution in [0.5, 0.6) is 0 Å². The molecular weight excluding hydrogens is 285 g/mol. The first-order valence-electron chi connectivity index (χ1n) is 6.77. The standard InChI is InChI=1S/C15H14FN5O/c16-12-3-1-11(2-4-12)13-9-14(20-19-13)15(22)18-6-8-21-7-5-17-10-21/h1-5,7,9-10H,6,8H2,(H,18,22)(H,19,20). The SMILES string of the molecule is O=C(NCCn1ccnc1)c1cc(-c2ccc(F)cc2)n[nH]1. The molecule has 22 heavy (non-hydrogen) atoms. The lowest BCUT2D eigenvalue weighted by molar-refractivity contribution is 0.0947. The molecule has 0 unspecified atom stereocenters. The fourth-order valence-electron chi connectivity index (χ4n) is 2.02. The number of benzene rings is 1. The van der Waals surface area contributed by atoms with Gasteiger partial charge in [0.2, 0.25) is 0 Å². The number of nitrogens with zero attached hydrogens (tertiary/aromatic N) is 3. The van der Waals surface area contributed by atoms with E-state index >= 15 is 0 Å². The minimum absolute atomic E-state index is 0.235. The fraction of sp³-hybridized carbons (Fsp3) is 0.133. The number of hydrogen-bond donors (Lipinski definition) is 2. The summed E-state index contributed by atoms with van der Waals surface area (Å²) in [4.78, 5) is 15.9. The van der Waals surface area contributed by atoms with E-state index in [0.29, 0.717) is 24.5 Å². The molecule has 0 radical (unpaired) electrons. The van der Waals surface area contributed by atoms with Crippen LogP contribution in [0.4, 0.5) is 4.39 Å². The van der Waals surface area contributed by atoms with Crippen molar-refractivity contribution in [3.8, 4) is 11.3 Å². The van der Waals surface area contributed by atoms with Gasteiger partial charge in [-0.3, -0.25) is 9.89 Å². The van der Waals surface area contributed by atoms with E-state index in [2.05, 4.69) is 20.5 Å². The van der Waals surface area contributed by atoms with Crippen LogP contribution < -0.4 is 5.32 Å². The molecule has 0 spiro atoms. The average molecular weight is 299 g/mol. The first-order valence-corrected chi connectivity index (χ1v) is 6.77. The maximum absolute atomic E-state index is 12.9. The third kappa shape index (κ3) is 3.20. The largest absolute Gasteiger partial charge is 0.349 e. The summed E-state index contributed by atoms with van der Waals surface area (Å²) >= 11 is 0. The van der Waals surface area contributed by atoms with Crippen LogP contribution in [0.2, 0.25) is 0 Å². The second-order valence-corrected chi connectivity index (χ2v) is 4.73. The normalized spacial score (nSPS) is 10.6. The summed E-state index contributed by atoms with van der Waals surface area (Å²) in [5.74, 6) is -0.544. The van der Waals surface area contributed by atoms with Crippen LogP contribution in [0, 0.1) is 5.82 Å². The van der Waals surface area contributed by atoms with Gasteiger partial charge in [0.15, 0.2) is 0 Å². The second kappa shape index (κ2) is 6.21. The molecule has 0 saturated heterocycles. The van der Waals surface area contributed by atoms with Gasteiger partial charge in [0.25, 0.3) is 5.91 Å². The third-order valence-electron chi connectivity index (χ3n) is 3.18. The van der Waals surface area contributed by atoms with Gasteiger partial charge >= 0.3 is 0 Å². The molecule has 0 bridgehead atoms. The minimum Gasteiger partial charge on any atom is -0.349 e. The zero-order valence-electron chi connectivity index (χ0n) is 11.7. The number of aromatic nitrogens is 4. The van der Waals surface area contributed by atoms with Crippen LogP contribution in [0.25, 0.3) is 11.3 Å². The van der Waals surface area contributed by atoms with Gasteiger partial charge in [0.1, 0.15) is 11.5 Å². The van der Waals surface area contributed by atoms with E-state index in [9.17, 15) is 9.18 Å². The summed E-state index contributed by atoms with van der Waals surface area (Å²) < 4.78 is 14.8. The van der Waals surface area contributed by atoms with Crippen molar-refractivity contribution < 1.29 is 9.18 Å². The predicted octanol–water partition coefficient (Wildman–Crippen LogP) is 1.84. The highest BCUT2D eigenvalue weighted by Crippen LogP contribution is 2.17. The van der Waals surface area contributed by atoms with Crippen LogP contribution in [0.15, 0.2) is 49.1 Å². The van der Waals surface area contributed by atoms with E-state index in [4.69, 9.17) is 0 Å². The molecular formula is C15H14FN5O. The van der Waals surface area contributed by atoms with Gasteiger partial charge in [0, 0.05) is 31.0 Å². The molecule has 2 aromatic heterocycles. The quantitative estimate of drug-likeness (QED) is 0.755. The van der Waals surface area contributed by atoms with Crippen molar-refractivity contribution >= 4 is 5.91 Å². The summed E-state index contributed by atoms with van der Waals surface area (Å²) in [6, 6.07) is 7.59. The van der Waals surface area contributed by atoms with E-state index in [0.717, 1.165) is 5.56 Å². The number of imidazole rings is 1. The molecule has 0 fully saturated rings. The van der Waals surface area contributed by atoms with Gasteiger partial charge in [-0.25, -0.2) is 9.37 Å². The van der Waals surface area contributed by atoms with Crippen LogP contribution in [-0.2, 0) is 6.54 Å². The van der Waals surface area contributed by atoms with Crippen molar-refractivity contribution in [2.75, 3.05) is 6.54 Å². The third-order valence-corrected chi connectivity index (χ3v) is 3.18. The van der Waals surface area contributed by atoms with Gasteiger partial charge in [-0.2, -0.15) is 5.10 Å². The molecule has 0 aliphatic carbocycles. The topological polar surface area (TPSA) is 75.6 Å². The van der Waals surface area contributed by atoms with E-state index in [-0.39, 0.29) is 11.7 Å². The van der Waals surface area contributed by atoms with Crippen molar-refractivity contribution in [3.63, 3.8) is 0 Å². The highest BCUT2D eigenvalue weighted by atomic mass is 19.1. The Morgan fingerprint density at radius 2 is 2.14 bits per heavy atom. The van der Waals surface area contributed by atoms with Gasteiger partial charge < -0.3 is 9.88 Å². The summed E-state index contributed by atoms with van der Waals surface area (Å²) in [6.07, 6.45) is 5.20. The van der Waals surface area contributed by atoms with Gasteiger partial charge in [0.05, 0.1) is 12.0 Å². The monoisotopic (exact) mass is 299 g/mol. The Labute approximate surface area is 126 Å². The Morgan fingerprint density at radius 1 is 1.32 bits per heavy atom. The molecule has 2 N–H and O–H groups in total. The number of halogens is 1. The summed E-state index contributed by atoms with van der Waals surface area (Å²) in [6.45, 7) is 1.13. The smallest absolute Gasteiger partial charge is 0.269 e. The Morgan fingerprint density at radius 3 is 2.86 bits per heavy atom. The Kier molecular flexibility index (Phi) is 3.95. The molecule has 6 nitrogen and oxygen atoms in total. The number of carbonyl (C=O) groups is 1.